The van der Waals surface area contributed by atoms with Crippen LogP contribution in [0.15, 0.2) is 167 Å². The van der Waals surface area contributed by atoms with Crippen molar-refractivity contribution in [1.82, 2.24) is 0 Å². The number of hydrogen-bond acceptors (Lipinski definition) is 2. The summed E-state index contributed by atoms with van der Waals surface area (Å²) in [5.41, 5.74) is 10.6. The number of fused-ring (bicyclic) bond motifs is 9. The summed E-state index contributed by atoms with van der Waals surface area (Å²) < 4.78 is 13.2. The summed E-state index contributed by atoms with van der Waals surface area (Å²) in [4.78, 5) is 0. The van der Waals surface area contributed by atoms with Gasteiger partial charge in [0.1, 0.15) is 22.3 Å². The molecule has 2 heterocycles. The first-order valence-corrected chi connectivity index (χ1v) is 15.7. The van der Waals surface area contributed by atoms with Crippen molar-refractivity contribution in [3.63, 3.8) is 0 Å². The molecular formula is C44H26O2. The molecule has 2 heteroatoms. The van der Waals surface area contributed by atoms with Crippen LogP contribution in [0.5, 0.6) is 0 Å². The lowest BCUT2D eigenvalue weighted by atomic mass is 9.84. The van der Waals surface area contributed by atoms with E-state index in [0.29, 0.717) is 0 Å². The molecule has 214 valence electrons. The predicted molar refractivity (Wildman–Crippen MR) is 192 cm³/mol. The molecule has 2 aromatic heterocycles. The maximum Gasteiger partial charge on any atom is 0.147 e. The van der Waals surface area contributed by atoms with Gasteiger partial charge in [-0.25, -0.2) is 0 Å². The van der Waals surface area contributed by atoms with Crippen molar-refractivity contribution in [3.05, 3.63) is 158 Å². The number of furan rings is 2. The van der Waals surface area contributed by atoms with Crippen LogP contribution in [0.25, 0.3) is 98.8 Å². The fourth-order valence-electron chi connectivity index (χ4n) is 7.50. The van der Waals surface area contributed by atoms with Crippen LogP contribution in [-0.4, -0.2) is 0 Å². The molecule has 8 aromatic carbocycles. The number of hydrogen-bond donors (Lipinski definition) is 0. The summed E-state index contributed by atoms with van der Waals surface area (Å²) in [6, 6.07) is 56.0. The predicted octanol–water partition coefficient (Wildman–Crippen LogP) is 12.8. The van der Waals surface area contributed by atoms with Crippen LogP contribution in [0.3, 0.4) is 0 Å². The zero-order valence-electron chi connectivity index (χ0n) is 24.8. The summed E-state index contributed by atoms with van der Waals surface area (Å²) >= 11 is 0. The molecule has 0 spiro atoms. The van der Waals surface area contributed by atoms with Crippen LogP contribution in [0.2, 0.25) is 0 Å². The second kappa shape index (κ2) is 9.69. The third kappa shape index (κ3) is 3.59. The SMILES string of the molecule is c1ccc(-c2cccc(-c3c4ccccc4c(-c4cc5oc6ccccc6c5c5oc6ccccc6c45)c4ccccc34)c2)cc1. The minimum atomic E-state index is 0.829. The molecule has 0 fully saturated rings. The van der Waals surface area contributed by atoms with Crippen LogP contribution >= 0.6 is 0 Å². The quantitative estimate of drug-likeness (QED) is 0.193. The molecule has 0 saturated heterocycles. The second-order valence-corrected chi connectivity index (χ2v) is 12.0. The van der Waals surface area contributed by atoms with E-state index in [9.17, 15) is 0 Å². The Morgan fingerprint density at radius 1 is 0.304 bits per heavy atom. The van der Waals surface area contributed by atoms with Gasteiger partial charge in [0, 0.05) is 16.2 Å². The highest BCUT2D eigenvalue weighted by atomic mass is 16.3. The standard InChI is InChI=1S/C44H26O2/c1-2-13-27(14-3-1)28-15-12-16-29(25-28)40-30-17-4-6-19-32(30)41(33-20-7-5-18-31(33)40)36-26-39-43(35-22-9-10-23-37(35)45-39)44-42(36)34-21-8-11-24-38(34)46-44/h1-26H. The fraction of sp³-hybridized carbons (Fsp3) is 0. The molecule has 10 rings (SSSR count). The third-order valence-electron chi connectivity index (χ3n) is 9.45. The van der Waals surface area contributed by atoms with Gasteiger partial charge >= 0.3 is 0 Å². The molecule has 0 aliphatic rings. The summed E-state index contributed by atoms with van der Waals surface area (Å²) in [5.74, 6) is 0. The minimum absolute atomic E-state index is 0.829. The normalized spacial score (nSPS) is 11.9. The highest BCUT2D eigenvalue weighted by Crippen LogP contribution is 2.50. The van der Waals surface area contributed by atoms with Gasteiger partial charge in [0.05, 0.1) is 5.39 Å². The van der Waals surface area contributed by atoms with E-state index in [-0.39, 0.29) is 0 Å². The van der Waals surface area contributed by atoms with Crippen LogP contribution in [0, 0.1) is 0 Å². The second-order valence-electron chi connectivity index (χ2n) is 12.0. The zero-order chi connectivity index (χ0) is 30.2. The Morgan fingerprint density at radius 3 is 1.48 bits per heavy atom. The van der Waals surface area contributed by atoms with Gasteiger partial charge in [0.2, 0.25) is 0 Å². The number of rotatable bonds is 3. The summed E-state index contributed by atoms with van der Waals surface area (Å²) in [7, 11) is 0. The highest BCUT2D eigenvalue weighted by molar-refractivity contribution is 6.30. The summed E-state index contributed by atoms with van der Waals surface area (Å²) in [6.45, 7) is 0. The van der Waals surface area contributed by atoms with Crippen LogP contribution in [0.4, 0.5) is 0 Å². The topological polar surface area (TPSA) is 26.3 Å². The van der Waals surface area contributed by atoms with E-state index in [2.05, 4.69) is 140 Å². The first-order valence-electron chi connectivity index (χ1n) is 15.7. The Labute approximate surface area is 264 Å². The van der Waals surface area contributed by atoms with Gasteiger partial charge < -0.3 is 8.83 Å². The maximum atomic E-state index is 6.71. The molecule has 0 saturated carbocycles. The van der Waals surface area contributed by atoms with E-state index in [1.807, 2.05) is 18.2 Å². The molecule has 10 aromatic rings. The van der Waals surface area contributed by atoms with Gasteiger partial charge in [0.15, 0.2) is 0 Å². The largest absolute Gasteiger partial charge is 0.456 e. The molecule has 0 unspecified atom stereocenters. The molecule has 0 aliphatic heterocycles. The van der Waals surface area contributed by atoms with Crippen molar-refractivity contribution < 1.29 is 8.83 Å². The lowest BCUT2D eigenvalue weighted by molar-refractivity contribution is 0.663. The zero-order valence-corrected chi connectivity index (χ0v) is 24.8. The third-order valence-corrected chi connectivity index (χ3v) is 9.45. The van der Waals surface area contributed by atoms with Crippen LogP contribution in [-0.2, 0) is 0 Å². The van der Waals surface area contributed by atoms with Gasteiger partial charge in [-0.05, 0) is 79.2 Å². The molecule has 0 aliphatic carbocycles. The van der Waals surface area contributed by atoms with Gasteiger partial charge in [-0.3, -0.25) is 0 Å². The number of benzene rings is 8. The summed E-state index contributed by atoms with van der Waals surface area (Å²) in [5, 5.41) is 9.13. The molecule has 0 N–H and O–H groups in total. The monoisotopic (exact) mass is 586 g/mol. The van der Waals surface area contributed by atoms with Crippen molar-refractivity contribution >= 4 is 65.4 Å². The Bertz CT molecular complexity index is 2740. The lowest BCUT2D eigenvalue weighted by Gasteiger charge is -2.18. The van der Waals surface area contributed by atoms with E-state index in [4.69, 9.17) is 8.83 Å². The van der Waals surface area contributed by atoms with Crippen molar-refractivity contribution in [2.75, 3.05) is 0 Å². The van der Waals surface area contributed by atoms with Crippen molar-refractivity contribution in [3.8, 4) is 33.4 Å². The van der Waals surface area contributed by atoms with E-state index >= 15 is 0 Å². The first kappa shape index (κ1) is 25.2. The van der Waals surface area contributed by atoms with Gasteiger partial charge in [-0.1, -0.05) is 133 Å². The van der Waals surface area contributed by atoms with Gasteiger partial charge in [0.25, 0.3) is 0 Å². The Hall–Kier alpha value is -6.12. The van der Waals surface area contributed by atoms with Gasteiger partial charge in [-0.2, -0.15) is 0 Å². The number of para-hydroxylation sites is 2. The fourth-order valence-corrected chi connectivity index (χ4v) is 7.50. The van der Waals surface area contributed by atoms with Gasteiger partial charge in [-0.15, -0.1) is 0 Å². The smallest absolute Gasteiger partial charge is 0.147 e. The van der Waals surface area contributed by atoms with E-state index in [0.717, 1.165) is 49.4 Å². The average molecular weight is 587 g/mol. The highest BCUT2D eigenvalue weighted by Gasteiger charge is 2.24. The van der Waals surface area contributed by atoms with E-state index < -0.39 is 0 Å². The maximum absolute atomic E-state index is 6.71. The van der Waals surface area contributed by atoms with Crippen LogP contribution in [0.1, 0.15) is 0 Å². The van der Waals surface area contributed by atoms with Crippen molar-refractivity contribution in [2.24, 2.45) is 0 Å². The van der Waals surface area contributed by atoms with Crippen molar-refractivity contribution in [2.45, 2.75) is 0 Å². The molecule has 0 radical (unpaired) electrons. The molecular weight excluding hydrogens is 560 g/mol. The molecule has 0 amide bonds. The Kier molecular flexibility index (Phi) is 5.31. The van der Waals surface area contributed by atoms with E-state index in [1.54, 1.807) is 0 Å². The Balaban J connectivity index is 1.36. The van der Waals surface area contributed by atoms with E-state index in [1.165, 1.54) is 49.4 Å². The Morgan fingerprint density at radius 2 is 0.804 bits per heavy atom. The molecule has 0 bridgehead atoms. The first-order chi connectivity index (χ1) is 22.8. The summed E-state index contributed by atoms with van der Waals surface area (Å²) in [6.07, 6.45) is 0. The van der Waals surface area contributed by atoms with Crippen molar-refractivity contribution in [1.29, 1.82) is 0 Å². The molecule has 2 nitrogen and oxygen atoms in total. The lowest BCUT2D eigenvalue weighted by Crippen LogP contribution is -1.92. The minimum Gasteiger partial charge on any atom is -0.456 e. The molecule has 0 atom stereocenters. The average Bonchev–Trinajstić information content (AvgIpc) is 3.69. The van der Waals surface area contributed by atoms with Crippen LogP contribution < -0.4 is 0 Å². The molecule has 46 heavy (non-hydrogen) atoms.